The smallest absolute Gasteiger partial charge is 0.254 e. The fourth-order valence-electron chi connectivity index (χ4n) is 3.13. The van der Waals surface area contributed by atoms with Crippen molar-refractivity contribution < 1.29 is 14.3 Å². The van der Waals surface area contributed by atoms with Crippen LogP contribution in [0.15, 0.2) is 48.8 Å². The van der Waals surface area contributed by atoms with Gasteiger partial charge < -0.3 is 15.0 Å². The zero-order valence-corrected chi connectivity index (χ0v) is 16.4. The highest BCUT2D eigenvalue weighted by Crippen LogP contribution is 2.18. The number of carbonyl (C=O) groups is 2. The number of hydrogen-bond donors (Lipinski definition) is 1. The van der Waals surface area contributed by atoms with E-state index in [1.165, 1.54) is 0 Å². The summed E-state index contributed by atoms with van der Waals surface area (Å²) in [7, 11) is 0. The Labute approximate surface area is 165 Å². The van der Waals surface area contributed by atoms with Crippen molar-refractivity contribution in [1.82, 2.24) is 9.88 Å². The predicted octanol–water partition coefficient (Wildman–Crippen LogP) is 3.50. The molecule has 1 aliphatic rings. The van der Waals surface area contributed by atoms with E-state index in [-0.39, 0.29) is 23.8 Å². The second-order valence-corrected chi connectivity index (χ2v) is 7.40. The lowest BCUT2D eigenvalue weighted by molar-refractivity contribution is -0.118. The van der Waals surface area contributed by atoms with Gasteiger partial charge in [0.15, 0.2) is 0 Å². The number of hydrogen-bond acceptors (Lipinski definition) is 4. The van der Waals surface area contributed by atoms with E-state index in [2.05, 4.69) is 10.3 Å². The van der Waals surface area contributed by atoms with Crippen LogP contribution in [0, 0.1) is 5.92 Å². The van der Waals surface area contributed by atoms with Crippen molar-refractivity contribution in [2.45, 2.75) is 39.3 Å². The summed E-state index contributed by atoms with van der Waals surface area (Å²) >= 11 is 0. The number of amides is 2. The molecule has 1 saturated heterocycles. The van der Waals surface area contributed by atoms with Crippen LogP contribution >= 0.6 is 0 Å². The number of nitrogens with one attached hydrogen (secondary N) is 1. The minimum absolute atomic E-state index is 0.0457. The third-order valence-electron chi connectivity index (χ3n) is 4.76. The highest BCUT2D eigenvalue weighted by Gasteiger charge is 2.24. The van der Waals surface area contributed by atoms with E-state index in [0.717, 1.165) is 25.0 Å². The number of ether oxygens (including phenoxy) is 1. The van der Waals surface area contributed by atoms with Crippen LogP contribution in [0.2, 0.25) is 0 Å². The molecule has 3 rings (SSSR count). The summed E-state index contributed by atoms with van der Waals surface area (Å²) in [6.07, 6.45) is 5.58. The summed E-state index contributed by atoms with van der Waals surface area (Å²) in [5, 5.41) is 2.84. The Morgan fingerprint density at radius 3 is 2.64 bits per heavy atom. The zero-order valence-electron chi connectivity index (χ0n) is 16.4. The standard InChI is InChI=1S/C22H27N3O3/c1-16(2)21(26)24-19-9-7-18(8-10-19)22(27)25(15-20-6-4-12-28-20)14-17-5-3-11-23-13-17/h3,5,7-11,13,16,20H,4,6,12,14-15H2,1-2H3,(H,24,26). The summed E-state index contributed by atoms with van der Waals surface area (Å²) in [5.74, 6) is -0.195. The molecule has 6 nitrogen and oxygen atoms in total. The van der Waals surface area contributed by atoms with Crippen LogP contribution in [0.25, 0.3) is 0 Å². The maximum Gasteiger partial charge on any atom is 0.254 e. The predicted molar refractivity (Wildman–Crippen MR) is 108 cm³/mol. The van der Waals surface area contributed by atoms with Gasteiger partial charge in [0.1, 0.15) is 0 Å². The van der Waals surface area contributed by atoms with Crippen LogP contribution in [0.1, 0.15) is 42.6 Å². The first kappa shape index (κ1) is 20.0. The molecule has 1 unspecified atom stereocenters. The highest BCUT2D eigenvalue weighted by atomic mass is 16.5. The SMILES string of the molecule is CC(C)C(=O)Nc1ccc(C(=O)N(Cc2cccnc2)CC2CCCO2)cc1. The molecule has 2 aromatic rings. The van der Waals surface area contributed by atoms with E-state index in [1.54, 1.807) is 36.7 Å². The monoisotopic (exact) mass is 381 g/mol. The lowest BCUT2D eigenvalue weighted by Gasteiger charge is -2.25. The van der Waals surface area contributed by atoms with Crippen LogP contribution in [0.3, 0.4) is 0 Å². The molecule has 1 aromatic heterocycles. The van der Waals surface area contributed by atoms with Crippen LogP contribution < -0.4 is 5.32 Å². The average molecular weight is 381 g/mol. The lowest BCUT2D eigenvalue weighted by atomic mass is 10.1. The van der Waals surface area contributed by atoms with Gasteiger partial charge in [0, 0.05) is 49.3 Å². The van der Waals surface area contributed by atoms with E-state index in [4.69, 9.17) is 4.74 Å². The molecule has 148 valence electrons. The quantitative estimate of drug-likeness (QED) is 0.797. The van der Waals surface area contributed by atoms with Gasteiger partial charge in [-0.05, 0) is 48.7 Å². The van der Waals surface area contributed by atoms with Crippen molar-refractivity contribution in [2.75, 3.05) is 18.5 Å². The van der Waals surface area contributed by atoms with Crippen molar-refractivity contribution in [3.63, 3.8) is 0 Å². The topological polar surface area (TPSA) is 71.5 Å². The molecule has 2 amide bonds. The third kappa shape index (κ3) is 5.39. The van der Waals surface area contributed by atoms with E-state index >= 15 is 0 Å². The second-order valence-electron chi connectivity index (χ2n) is 7.40. The molecule has 0 aliphatic carbocycles. The molecule has 0 radical (unpaired) electrons. The molecule has 6 heteroatoms. The third-order valence-corrected chi connectivity index (χ3v) is 4.76. The number of benzene rings is 1. The molecule has 1 aliphatic heterocycles. The minimum atomic E-state index is -0.0947. The summed E-state index contributed by atoms with van der Waals surface area (Å²) < 4.78 is 5.74. The van der Waals surface area contributed by atoms with Gasteiger partial charge in [0.2, 0.25) is 5.91 Å². The first-order valence-electron chi connectivity index (χ1n) is 9.73. The maximum absolute atomic E-state index is 13.1. The Balaban J connectivity index is 1.72. The van der Waals surface area contributed by atoms with Crippen LogP contribution in [-0.2, 0) is 16.1 Å². The van der Waals surface area contributed by atoms with Gasteiger partial charge in [-0.15, -0.1) is 0 Å². The van der Waals surface area contributed by atoms with Crippen molar-refractivity contribution in [2.24, 2.45) is 5.92 Å². The Morgan fingerprint density at radius 1 is 1.25 bits per heavy atom. The number of carbonyl (C=O) groups excluding carboxylic acids is 2. The van der Waals surface area contributed by atoms with E-state index in [1.807, 2.05) is 30.9 Å². The molecule has 1 aromatic carbocycles. The van der Waals surface area contributed by atoms with Gasteiger partial charge in [-0.3, -0.25) is 14.6 Å². The van der Waals surface area contributed by atoms with Gasteiger partial charge in [0.25, 0.3) is 5.91 Å². The van der Waals surface area contributed by atoms with Gasteiger partial charge >= 0.3 is 0 Å². The molecule has 0 spiro atoms. The molecule has 2 heterocycles. The van der Waals surface area contributed by atoms with Crippen LogP contribution in [0.5, 0.6) is 0 Å². The largest absolute Gasteiger partial charge is 0.376 e. The molecule has 0 saturated carbocycles. The minimum Gasteiger partial charge on any atom is -0.376 e. The van der Waals surface area contributed by atoms with E-state index in [9.17, 15) is 9.59 Å². The number of aromatic nitrogens is 1. The number of nitrogens with zero attached hydrogens (tertiary/aromatic N) is 2. The van der Waals surface area contributed by atoms with Gasteiger partial charge in [-0.1, -0.05) is 19.9 Å². The number of rotatable bonds is 7. The molecule has 1 atom stereocenters. The highest BCUT2D eigenvalue weighted by molar-refractivity contribution is 5.96. The maximum atomic E-state index is 13.1. The van der Waals surface area contributed by atoms with Gasteiger partial charge in [0.05, 0.1) is 6.10 Å². The summed E-state index contributed by atoms with van der Waals surface area (Å²) in [6.45, 7) is 5.48. The van der Waals surface area contributed by atoms with Gasteiger partial charge in [-0.25, -0.2) is 0 Å². The Bertz CT molecular complexity index is 784. The van der Waals surface area contributed by atoms with Crippen molar-refractivity contribution in [1.29, 1.82) is 0 Å². The Kier molecular flexibility index (Phi) is 6.76. The first-order valence-corrected chi connectivity index (χ1v) is 9.73. The fraction of sp³-hybridized carbons (Fsp3) is 0.409. The molecule has 1 N–H and O–H groups in total. The van der Waals surface area contributed by atoms with Crippen molar-refractivity contribution in [3.05, 3.63) is 59.9 Å². The Hall–Kier alpha value is -2.73. The average Bonchev–Trinajstić information content (AvgIpc) is 3.21. The molecular weight excluding hydrogens is 354 g/mol. The van der Waals surface area contributed by atoms with E-state index in [0.29, 0.717) is 24.3 Å². The second kappa shape index (κ2) is 9.46. The van der Waals surface area contributed by atoms with Crippen molar-refractivity contribution in [3.8, 4) is 0 Å². The van der Waals surface area contributed by atoms with Crippen LogP contribution in [-0.4, -0.2) is 41.0 Å². The summed E-state index contributed by atoms with van der Waals surface area (Å²) in [4.78, 5) is 30.9. The molecule has 28 heavy (non-hydrogen) atoms. The first-order chi connectivity index (χ1) is 13.5. The van der Waals surface area contributed by atoms with Gasteiger partial charge in [-0.2, -0.15) is 0 Å². The molecular formula is C22H27N3O3. The normalized spacial score (nSPS) is 16.2. The summed E-state index contributed by atoms with van der Waals surface area (Å²) in [6, 6.07) is 10.9. The molecule has 0 bridgehead atoms. The number of anilines is 1. The number of pyridine rings is 1. The summed E-state index contributed by atoms with van der Waals surface area (Å²) in [5.41, 5.74) is 2.26. The van der Waals surface area contributed by atoms with Crippen molar-refractivity contribution >= 4 is 17.5 Å². The molecule has 1 fully saturated rings. The fourth-order valence-corrected chi connectivity index (χ4v) is 3.13. The zero-order chi connectivity index (χ0) is 19.9. The van der Waals surface area contributed by atoms with Crippen LogP contribution in [0.4, 0.5) is 5.69 Å². The Morgan fingerprint density at radius 2 is 2.04 bits per heavy atom. The lowest BCUT2D eigenvalue weighted by Crippen LogP contribution is -2.37. The van der Waals surface area contributed by atoms with E-state index < -0.39 is 0 Å².